The number of hydrogen-bond donors (Lipinski definition) is 0. The molecule has 12 heavy (non-hydrogen) atoms. The van der Waals surface area contributed by atoms with Gasteiger partial charge in [-0.3, -0.25) is 4.98 Å². The summed E-state index contributed by atoms with van der Waals surface area (Å²) in [5.41, 5.74) is 2.71. The first-order valence-corrected chi connectivity index (χ1v) is 4.32. The molecule has 0 fully saturated rings. The molecule has 1 heteroatoms. The van der Waals surface area contributed by atoms with Gasteiger partial charge in [0.15, 0.2) is 0 Å². The van der Waals surface area contributed by atoms with Crippen LogP contribution in [0.5, 0.6) is 0 Å². The second-order valence-electron chi connectivity index (χ2n) is 3.93. The van der Waals surface area contributed by atoms with Crippen LogP contribution in [-0.4, -0.2) is 4.98 Å². The number of fused-ring (bicyclic) bond motifs is 1. The van der Waals surface area contributed by atoms with Crippen molar-refractivity contribution in [2.45, 2.75) is 25.7 Å². The fourth-order valence-corrected chi connectivity index (χ4v) is 1.69. The molecule has 0 bridgehead atoms. The van der Waals surface area contributed by atoms with E-state index in [0.717, 1.165) is 6.42 Å². The summed E-state index contributed by atoms with van der Waals surface area (Å²) in [4.78, 5) is 4.42. The van der Waals surface area contributed by atoms with Crippen molar-refractivity contribution in [1.29, 1.82) is 0 Å². The molecule has 0 N–H and O–H groups in total. The first kappa shape index (κ1) is 7.53. The Morgan fingerprint density at radius 3 is 3.00 bits per heavy atom. The Labute approximate surface area is 73.1 Å². The highest BCUT2D eigenvalue weighted by molar-refractivity contribution is 5.56. The number of nitrogens with zero attached hydrogens (tertiary/aromatic N) is 1. The van der Waals surface area contributed by atoms with Crippen molar-refractivity contribution < 1.29 is 0 Å². The summed E-state index contributed by atoms with van der Waals surface area (Å²) >= 11 is 0. The Morgan fingerprint density at radius 1 is 1.42 bits per heavy atom. The summed E-state index contributed by atoms with van der Waals surface area (Å²) in [6, 6.07) is 4.12. The zero-order chi connectivity index (χ0) is 8.60. The topological polar surface area (TPSA) is 12.9 Å². The Balaban J connectivity index is 2.60. The van der Waals surface area contributed by atoms with Gasteiger partial charge in [-0.25, -0.2) is 0 Å². The molecule has 0 saturated heterocycles. The molecule has 1 aromatic heterocycles. The summed E-state index contributed by atoms with van der Waals surface area (Å²) < 4.78 is 0. The van der Waals surface area contributed by atoms with Gasteiger partial charge in [-0.1, -0.05) is 32.1 Å². The largest absolute Gasteiger partial charge is 0.260 e. The van der Waals surface area contributed by atoms with Crippen LogP contribution in [-0.2, 0) is 5.41 Å². The van der Waals surface area contributed by atoms with Crippen LogP contribution >= 0.6 is 0 Å². The zero-order valence-electron chi connectivity index (χ0n) is 7.54. The fourth-order valence-electron chi connectivity index (χ4n) is 1.69. The molecule has 0 aromatic carbocycles. The lowest BCUT2D eigenvalue weighted by Gasteiger charge is -2.27. The molecule has 62 valence electrons. The highest BCUT2D eigenvalue weighted by Crippen LogP contribution is 2.32. The van der Waals surface area contributed by atoms with E-state index in [0.29, 0.717) is 0 Å². The van der Waals surface area contributed by atoms with Crippen LogP contribution < -0.4 is 0 Å². The molecule has 1 nitrogen and oxygen atoms in total. The molecular weight excluding hydrogens is 146 g/mol. The molecule has 1 aliphatic rings. The molecule has 1 aliphatic carbocycles. The second kappa shape index (κ2) is 2.44. The minimum Gasteiger partial charge on any atom is -0.260 e. The van der Waals surface area contributed by atoms with Crippen LogP contribution in [0.25, 0.3) is 6.08 Å². The van der Waals surface area contributed by atoms with Crippen LogP contribution in [0.4, 0.5) is 0 Å². The quantitative estimate of drug-likeness (QED) is 0.567. The second-order valence-corrected chi connectivity index (χ2v) is 3.93. The normalized spacial score (nSPS) is 18.8. The molecule has 0 radical (unpaired) electrons. The smallest absolute Gasteiger partial charge is 0.0534 e. The molecule has 0 amide bonds. The van der Waals surface area contributed by atoms with Gasteiger partial charge in [-0.15, -0.1) is 0 Å². The van der Waals surface area contributed by atoms with E-state index in [2.05, 4.69) is 37.0 Å². The van der Waals surface area contributed by atoms with Gasteiger partial charge in [0.1, 0.15) is 0 Å². The number of rotatable bonds is 0. The van der Waals surface area contributed by atoms with E-state index in [1.54, 1.807) is 0 Å². The van der Waals surface area contributed by atoms with Crippen molar-refractivity contribution in [2.24, 2.45) is 0 Å². The van der Waals surface area contributed by atoms with Gasteiger partial charge in [0, 0.05) is 11.6 Å². The third-order valence-electron chi connectivity index (χ3n) is 2.41. The third-order valence-corrected chi connectivity index (χ3v) is 2.41. The van der Waals surface area contributed by atoms with Gasteiger partial charge in [0.2, 0.25) is 0 Å². The van der Waals surface area contributed by atoms with E-state index >= 15 is 0 Å². The van der Waals surface area contributed by atoms with Gasteiger partial charge in [0.05, 0.1) is 5.69 Å². The molecule has 0 saturated carbocycles. The van der Waals surface area contributed by atoms with Crippen molar-refractivity contribution in [3.8, 4) is 0 Å². The highest BCUT2D eigenvalue weighted by atomic mass is 14.7. The Morgan fingerprint density at radius 2 is 2.25 bits per heavy atom. The van der Waals surface area contributed by atoms with Crippen LogP contribution in [0.15, 0.2) is 24.4 Å². The first-order valence-electron chi connectivity index (χ1n) is 4.32. The maximum atomic E-state index is 4.42. The number of pyridine rings is 1. The Hall–Kier alpha value is -1.11. The lowest BCUT2D eigenvalue weighted by Crippen LogP contribution is -2.21. The maximum absolute atomic E-state index is 4.42. The van der Waals surface area contributed by atoms with E-state index in [-0.39, 0.29) is 5.41 Å². The molecule has 1 heterocycles. The zero-order valence-corrected chi connectivity index (χ0v) is 7.54. The Kier molecular flexibility index (Phi) is 1.53. The molecule has 1 aromatic rings. The van der Waals surface area contributed by atoms with Crippen LogP contribution in [0, 0.1) is 0 Å². The van der Waals surface area contributed by atoms with Gasteiger partial charge in [-0.2, -0.15) is 0 Å². The molecule has 0 aliphatic heterocycles. The number of aromatic nitrogens is 1. The summed E-state index contributed by atoms with van der Waals surface area (Å²) in [7, 11) is 0. The minimum atomic E-state index is 0.214. The van der Waals surface area contributed by atoms with E-state index in [9.17, 15) is 0 Å². The molecule has 2 rings (SSSR count). The van der Waals surface area contributed by atoms with E-state index in [1.807, 2.05) is 12.3 Å². The summed E-state index contributed by atoms with van der Waals surface area (Å²) in [5, 5.41) is 0. The maximum Gasteiger partial charge on any atom is 0.0534 e. The standard InChI is InChI=1S/C11H13N/c1-11(2)7-3-5-9-6-4-8-12-10(9)11/h3-6,8H,7H2,1-2H3. The lowest BCUT2D eigenvalue weighted by atomic mass is 9.79. The van der Waals surface area contributed by atoms with Crippen LogP contribution in [0.3, 0.4) is 0 Å². The SMILES string of the molecule is CC1(C)CC=Cc2cccnc21. The van der Waals surface area contributed by atoms with Crippen LogP contribution in [0.1, 0.15) is 31.5 Å². The summed E-state index contributed by atoms with van der Waals surface area (Å²) in [6.07, 6.45) is 7.36. The predicted molar refractivity (Wildman–Crippen MR) is 50.9 cm³/mol. The summed E-state index contributed by atoms with van der Waals surface area (Å²) in [5.74, 6) is 0. The number of allylic oxidation sites excluding steroid dienone is 1. The van der Waals surface area contributed by atoms with Crippen molar-refractivity contribution in [2.75, 3.05) is 0 Å². The first-order chi connectivity index (χ1) is 5.70. The van der Waals surface area contributed by atoms with E-state index in [4.69, 9.17) is 0 Å². The highest BCUT2D eigenvalue weighted by Gasteiger charge is 2.25. The molecule has 0 unspecified atom stereocenters. The summed E-state index contributed by atoms with van der Waals surface area (Å²) in [6.45, 7) is 4.48. The van der Waals surface area contributed by atoms with Crippen molar-refractivity contribution >= 4 is 6.08 Å². The third kappa shape index (κ3) is 1.06. The average Bonchev–Trinajstić information content (AvgIpc) is 2.04. The van der Waals surface area contributed by atoms with Crippen molar-refractivity contribution in [1.82, 2.24) is 4.98 Å². The van der Waals surface area contributed by atoms with E-state index < -0.39 is 0 Å². The van der Waals surface area contributed by atoms with Crippen LogP contribution in [0.2, 0.25) is 0 Å². The lowest BCUT2D eigenvalue weighted by molar-refractivity contribution is 0.511. The molecular formula is C11H13N. The number of hydrogen-bond acceptors (Lipinski definition) is 1. The average molecular weight is 159 g/mol. The predicted octanol–water partition coefficient (Wildman–Crippen LogP) is 2.78. The van der Waals surface area contributed by atoms with Crippen molar-refractivity contribution in [3.05, 3.63) is 35.7 Å². The molecule has 0 spiro atoms. The van der Waals surface area contributed by atoms with Gasteiger partial charge in [0.25, 0.3) is 0 Å². The van der Waals surface area contributed by atoms with E-state index in [1.165, 1.54) is 11.3 Å². The van der Waals surface area contributed by atoms with Crippen molar-refractivity contribution in [3.63, 3.8) is 0 Å². The van der Waals surface area contributed by atoms with Gasteiger partial charge < -0.3 is 0 Å². The minimum absolute atomic E-state index is 0.214. The van der Waals surface area contributed by atoms with Gasteiger partial charge in [-0.05, 0) is 18.1 Å². The molecule has 0 atom stereocenters. The van der Waals surface area contributed by atoms with Gasteiger partial charge >= 0.3 is 0 Å². The Bertz CT molecular complexity index is 324. The fraction of sp³-hybridized carbons (Fsp3) is 0.364. The monoisotopic (exact) mass is 159 g/mol.